The van der Waals surface area contributed by atoms with E-state index in [1.807, 2.05) is 0 Å². The highest BCUT2D eigenvalue weighted by atomic mass is 16.6. The summed E-state index contributed by atoms with van der Waals surface area (Å²) in [6, 6.07) is 0. The van der Waals surface area contributed by atoms with Crippen molar-refractivity contribution in [3.8, 4) is 0 Å². The summed E-state index contributed by atoms with van der Waals surface area (Å²) in [7, 11) is 0. The highest BCUT2D eigenvalue weighted by molar-refractivity contribution is 5.77. The molecule has 0 heterocycles. The number of hydrogen-bond donors (Lipinski definition) is 1. The molecule has 0 fully saturated rings. The normalized spacial score (nSPS) is 12.1. The number of rotatable bonds is 15. The Kier molecular flexibility index (Phi) is 14.1. The van der Waals surface area contributed by atoms with Crippen molar-refractivity contribution in [2.45, 2.75) is 103 Å². The van der Waals surface area contributed by atoms with Gasteiger partial charge in [0.15, 0.2) is 6.10 Å². The zero-order valence-corrected chi connectivity index (χ0v) is 14.4. The van der Waals surface area contributed by atoms with Gasteiger partial charge in [-0.15, -0.1) is 0 Å². The Labute approximate surface area is 135 Å². The quantitative estimate of drug-likeness (QED) is 0.337. The number of ether oxygens (including phenoxy) is 1. The van der Waals surface area contributed by atoms with Crippen LogP contribution in [-0.4, -0.2) is 23.1 Å². The second-order valence-corrected chi connectivity index (χ2v) is 6.04. The Morgan fingerprint density at radius 2 is 1.32 bits per heavy atom. The van der Waals surface area contributed by atoms with Crippen molar-refractivity contribution >= 4 is 11.9 Å². The zero-order valence-electron chi connectivity index (χ0n) is 14.4. The Morgan fingerprint density at radius 1 is 0.818 bits per heavy atom. The van der Waals surface area contributed by atoms with Crippen LogP contribution in [0.15, 0.2) is 0 Å². The summed E-state index contributed by atoms with van der Waals surface area (Å²) < 4.78 is 5.11. The smallest absolute Gasteiger partial charge is 0.345 e. The van der Waals surface area contributed by atoms with E-state index in [-0.39, 0.29) is 5.97 Å². The molecule has 0 bridgehead atoms. The van der Waals surface area contributed by atoms with E-state index in [9.17, 15) is 9.59 Å². The molecule has 0 spiro atoms. The molecule has 4 nitrogen and oxygen atoms in total. The Bertz CT molecular complexity index is 289. The Hall–Kier alpha value is -1.06. The number of aliphatic carboxylic acids is 1. The summed E-state index contributed by atoms with van der Waals surface area (Å²) in [5, 5.41) is 9.13. The molecular weight excluding hydrogens is 280 g/mol. The average Bonchev–Trinajstić information content (AvgIpc) is 2.49. The molecule has 0 aliphatic rings. The van der Waals surface area contributed by atoms with E-state index in [1.54, 1.807) is 0 Å². The van der Waals surface area contributed by atoms with Crippen LogP contribution in [0.5, 0.6) is 0 Å². The number of carboxylic acid groups (broad SMARTS) is 1. The van der Waals surface area contributed by atoms with Crippen LogP contribution in [0.2, 0.25) is 0 Å². The molecule has 0 aromatic carbocycles. The number of hydrogen-bond acceptors (Lipinski definition) is 3. The van der Waals surface area contributed by atoms with Gasteiger partial charge in [-0.3, -0.25) is 4.79 Å². The van der Waals surface area contributed by atoms with Crippen LogP contribution < -0.4 is 0 Å². The number of carbonyl (C=O) groups excluding carboxylic acids is 1. The molecule has 22 heavy (non-hydrogen) atoms. The lowest BCUT2D eigenvalue weighted by Gasteiger charge is -2.13. The fraction of sp³-hybridized carbons (Fsp3) is 0.889. The van der Waals surface area contributed by atoms with Crippen molar-refractivity contribution in [2.75, 3.05) is 0 Å². The minimum atomic E-state index is -1.02. The van der Waals surface area contributed by atoms with E-state index in [0.29, 0.717) is 12.8 Å². The van der Waals surface area contributed by atoms with E-state index >= 15 is 0 Å². The third-order valence-electron chi connectivity index (χ3n) is 3.85. The molecule has 1 atom stereocenters. The van der Waals surface area contributed by atoms with E-state index in [4.69, 9.17) is 9.84 Å². The second-order valence-electron chi connectivity index (χ2n) is 6.04. The summed E-state index contributed by atoms with van der Waals surface area (Å²) in [5.41, 5.74) is 0. The third kappa shape index (κ3) is 12.7. The molecule has 0 saturated carbocycles. The first kappa shape index (κ1) is 20.9. The number of carboxylic acids is 1. The van der Waals surface area contributed by atoms with Gasteiger partial charge in [0, 0.05) is 6.42 Å². The van der Waals surface area contributed by atoms with Crippen molar-refractivity contribution in [1.29, 1.82) is 0 Å². The van der Waals surface area contributed by atoms with Crippen LogP contribution >= 0.6 is 0 Å². The van der Waals surface area contributed by atoms with Crippen LogP contribution in [0.4, 0.5) is 0 Å². The van der Waals surface area contributed by atoms with Gasteiger partial charge >= 0.3 is 11.9 Å². The van der Waals surface area contributed by atoms with Gasteiger partial charge in [0.2, 0.25) is 0 Å². The predicted molar refractivity (Wildman–Crippen MR) is 88.9 cm³/mol. The SMILES string of the molecule is CCCCCCCCC(OC(=O)CCCCCCC)C(=O)O. The molecule has 130 valence electrons. The minimum absolute atomic E-state index is 0.337. The van der Waals surface area contributed by atoms with Crippen molar-refractivity contribution in [3.63, 3.8) is 0 Å². The number of esters is 1. The summed E-state index contributed by atoms with van der Waals surface area (Å²) in [6.07, 6.45) is 11.7. The monoisotopic (exact) mass is 314 g/mol. The Balaban J connectivity index is 3.78. The third-order valence-corrected chi connectivity index (χ3v) is 3.85. The molecule has 1 N–H and O–H groups in total. The summed E-state index contributed by atoms with van der Waals surface area (Å²) in [6.45, 7) is 4.32. The van der Waals surface area contributed by atoms with Gasteiger partial charge in [-0.1, -0.05) is 71.6 Å². The molecule has 4 heteroatoms. The van der Waals surface area contributed by atoms with Gasteiger partial charge in [-0.05, 0) is 19.3 Å². The molecule has 0 aromatic rings. The summed E-state index contributed by atoms with van der Waals surface area (Å²) in [5.74, 6) is -1.39. The molecule has 1 unspecified atom stereocenters. The molecule has 0 radical (unpaired) electrons. The van der Waals surface area contributed by atoms with E-state index < -0.39 is 12.1 Å². The van der Waals surface area contributed by atoms with Crippen molar-refractivity contribution in [3.05, 3.63) is 0 Å². The van der Waals surface area contributed by atoms with Gasteiger partial charge < -0.3 is 9.84 Å². The lowest BCUT2D eigenvalue weighted by atomic mass is 10.1. The molecule has 0 aliphatic carbocycles. The largest absolute Gasteiger partial charge is 0.479 e. The lowest BCUT2D eigenvalue weighted by Crippen LogP contribution is -2.27. The van der Waals surface area contributed by atoms with Gasteiger partial charge in [-0.2, -0.15) is 0 Å². The van der Waals surface area contributed by atoms with Crippen molar-refractivity contribution in [1.82, 2.24) is 0 Å². The second kappa shape index (κ2) is 14.9. The summed E-state index contributed by atoms with van der Waals surface area (Å²) >= 11 is 0. The maximum Gasteiger partial charge on any atom is 0.345 e. The number of unbranched alkanes of at least 4 members (excludes halogenated alkanes) is 9. The van der Waals surface area contributed by atoms with E-state index in [0.717, 1.165) is 38.5 Å². The highest BCUT2D eigenvalue weighted by Crippen LogP contribution is 2.12. The first-order valence-electron chi connectivity index (χ1n) is 9.04. The van der Waals surface area contributed by atoms with Crippen LogP contribution in [0.3, 0.4) is 0 Å². The molecule has 0 rings (SSSR count). The first-order chi connectivity index (χ1) is 10.6. The van der Waals surface area contributed by atoms with E-state index in [2.05, 4.69) is 13.8 Å². The zero-order chi connectivity index (χ0) is 16.6. The van der Waals surface area contributed by atoms with Crippen LogP contribution in [-0.2, 0) is 14.3 Å². The lowest BCUT2D eigenvalue weighted by molar-refractivity contribution is -0.164. The van der Waals surface area contributed by atoms with Gasteiger partial charge in [-0.25, -0.2) is 4.79 Å². The molecule has 0 amide bonds. The first-order valence-corrected chi connectivity index (χ1v) is 9.04. The maximum atomic E-state index is 11.7. The summed E-state index contributed by atoms with van der Waals surface area (Å²) in [4.78, 5) is 22.8. The average molecular weight is 314 g/mol. The van der Waals surface area contributed by atoms with Gasteiger partial charge in [0.25, 0.3) is 0 Å². The van der Waals surface area contributed by atoms with Gasteiger partial charge in [0.1, 0.15) is 0 Å². The van der Waals surface area contributed by atoms with Crippen LogP contribution in [0.1, 0.15) is 97.3 Å². The fourth-order valence-corrected chi connectivity index (χ4v) is 2.43. The van der Waals surface area contributed by atoms with Crippen LogP contribution in [0, 0.1) is 0 Å². The van der Waals surface area contributed by atoms with Crippen LogP contribution in [0.25, 0.3) is 0 Å². The van der Waals surface area contributed by atoms with E-state index in [1.165, 1.54) is 32.1 Å². The van der Waals surface area contributed by atoms with Gasteiger partial charge in [0.05, 0.1) is 0 Å². The Morgan fingerprint density at radius 3 is 1.86 bits per heavy atom. The maximum absolute atomic E-state index is 11.7. The van der Waals surface area contributed by atoms with Crippen molar-refractivity contribution in [2.24, 2.45) is 0 Å². The fourth-order valence-electron chi connectivity index (χ4n) is 2.43. The standard InChI is InChI=1S/C18H34O4/c1-3-5-7-9-11-12-14-16(18(20)21)22-17(19)15-13-10-8-6-4-2/h16H,3-15H2,1-2H3,(H,20,21). The predicted octanol–water partition coefficient (Wildman–Crippen LogP) is 5.09. The molecule has 0 aromatic heterocycles. The topological polar surface area (TPSA) is 63.6 Å². The highest BCUT2D eigenvalue weighted by Gasteiger charge is 2.21. The number of carbonyl (C=O) groups is 2. The molecule has 0 aliphatic heterocycles. The van der Waals surface area contributed by atoms with Crippen molar-refractivity contribution < 1.29 is 19.4 Å². The molecular formula is C18H34O4. The molecule has 0 saturated heterocycles. The minimum Gasteiger partial charge on any atom is -0.479 e.